The van der Waals surface area contributed by atoms with E-state index < -0.39 is 0 Å². The molecule has 2 aliphatic heterocycles. The Balaban J connectivity index is 0.936. The molecule has 6 rings (SSSR count). The summed E-state index contributed by atoms with van der Waals surface area (Å²) in [7, 11) is 0. The number of fused-ring (bicyclic) bond motifs is 4. The second-order valence-corrected chi connectivity index (χ2v) is 9.29. The topological polar surface area (TPSA) is 60.6 Å². The first kappa shape index (κ1) is 19.7. The summed E-state index contributed by atoms with van der Waals surface area (Å²) in [6, 6.07) is 14.9. The van der Waals surface area contributed by atoms with E-state index in [4.69, 9.17) is 4.74 Å². The van der Waals surface area contributed by atoms with Gasteiger partial charge in [-0.3, -0.25) is 9.69 Å². The number of amides is 1. The van der Waals surface area contributed by atoms with E-state index in [-0.39, 0.29) is 11.8 Å². The molecule has 0 spiro atoms. The van der Waals surface area contributed by atoms with Gasteiger partial charge in [0.05, 0.1) is 6.61 Å². The number of unbranched alkanes of at least 4 members (excludes halogenated alkanes) is 1. The van der Waals surface area contributed by atoms with Crippen LogP contribution in [0.25, 0.3) is 10.9 Å². The number of hydrogen-bond donors (Lipinski definition) is 2. The van der Waals surface area contributed by atoms with Crippen LogP contribution in [-0.4, -0.2) is 55.1 Å². The predicted molar refractivity (Wildman–Crippen MR) is 128 cm³/mol. The highest BCUT2D eigenvalue weighted by molar-refractivity contribution is 5.99. The van der Waals surface area contributed by atoms with Crippen molar-refractivity contribution in [2.75, 3.05) is 49.5 Å². The van der Waals surface area contributed by atoms with Crippen LogP contribution in [0, 0.1) is 5.92 Å². The van der Waals surface area contributed by atoms with Gasteiger partial charge < -0.3 is 19.9 Å². The number of benzene rings is 2. The number of hydrogen-bond acceptors (Lipinski definition) is 4. The van der Waals surface area contributed by atoms with Crippen molar-refractivity contribution < 1.29 is 9.53 Å². The summed E-state index contributed by atoms with van der Waals surface area (Å²) in [5.41, 5.74) is 4.77. The van der Waals surface area contributed by atoms with Gasteiger partial charge in [-0.25, -0.2) is 0 Å². The Hall–Kier alpha value is -2.99. The average Bonchev–Trinajstić information content (AvgIpc) is 3.49. The van der Waals surface area contributed by atoms with E-state index >= 15 is 0 Å². The van der Waals surface area contributed by atoms with Crippen LogP contribution in [0.4, 0.5) is 11.4 Å². The molecule has 2 atom stereocenters. The van der Waals surface area contributed by atoms with E-state index in [1.165, 1.54) is 22.2 Å². The second-order valence-electron chi connectivity index (χ2n) is 9.29. The first-order valence-electron chi connectivity index (χ1n) is 11.9. The summed E-state index contributed by atoms with van der Waals surface area (Å²) >= 11 is 0. The fourth-order valence-electron chi connectivity index (χ4n) is 5.30. The Morgan fingerprint density at radius 2 is 1.91 bits per heavy atom. The predicted octanol–water partition coefficient (Wildman–Crippen LogP) is 4.20. The Morgan fingerprint density at radius 1 is 1.00 bits per heavy atom. The molecule has 1 aliphatic carbocycles. The fraction of sp³-hybridized carbons (Fsp3) is 0.423. The van der Waals surface area contributed by atoms with Gasteiger partial charge in [-0.05, 0) is 61.6 Å². The summed E-state index contributed by atoms with van der Waals surface area (Å²) < 4.78 is 5.97. The van der Waals surface area contributed by atoms with E-state index in [1.807, 2.05) is 12.3 Å². The number of nitrogens with zero attached hydrogens (tertiary/aromatic N) is 2. The number of aromatic nitrogens is 1. The van der Waals surface area contributed by atoms with Crippen LogP contribution >= 0.6 is 0 Å². The van der Waals surface area contributed by atoms with Crippen molar-refractivity contribution in [1.82, 2.24) is 9.88 Å². The zero-order valence-electron chi connectivity index (χ0n) is 18.3. The van der Waals surface area contributed by atoms with Crippen LogP contribution < -0.4 is 15.0 Å². The van der Waals surface area contributed by atoms with Gasteiger partial charge in [-0.15, -0.1) is 0 Å². The number of rotatable bonds is 7. The van der Waals surface area contributed by atoms with E-state index in [9.17, 15) is 4.79 Å². The standard InChI is InChI=1S/C26H30N4O2/c31-26-22-17-21(22)19-7-6-18(16-24(19)28-26)32-15-2-1-10-29-11-13-30(14-12-29)25-5-3-4-23-20(25)8-9-27-23/h3-9,16,21-22,27H,1-2,10-15,17H2,(H,28,31). The third-order valence-electron chi connectivity index (χ3n) is 7.23. The number of anilines is 2. The lowest BCUT2D eigenvalue weighted by Gasteiger charge is -2.36. The van der Waals surface area contributed by atoms with E-state index in [2.05, 4.69) is 56.5 Å². The van der Waals surface area contributed by atoms with Gasteiger partial charge in [0.15, 0.2) is 0 Å². The molecule has 0 bridgehead atoms. The van der Waals surface area contributed by atoms with Crippen LogP contribution in [0.2, 0.25) is 0 Å². The van der Waals surface area contributed by atoms with Crippen LogP contribution in [0.1, 0.15) is 30.7 Å². The molecule has 2 aromatic carbocycles. The van der Waals surface area contributed by atoms with Crippen molar-refractivity contribution in [3.05, 3.63) is 54.2 Å². The zero-order chi connectivity index (χ0) is 21.5. The smallest absolute Gasteiger partial charge is 0.228 e. The quantitative estimate of drug-likeness (QED) is 0.552. The molecule has 2 N–H and O–H groups in total. The Bertz CT molecular complexity index is 1130. The van der Waals surface area contributed by atoms with E-state index in [0.717, 1.165) is 63.4 Å². The van der Waals surface area contributed by atoms with Gasteiger partial charge in [-0.1, -0.05) is 12.1 Å². The van der Waals surface area contributed by atoms with Gasteiger partial charge in [0, 0.05) is 66.6 Å². The van der Waals surface area contributed by atoms with Crippen LogP contribution in [0.15, 0.2) is 48.7 Å². The van der Waals surface area contributed by atoms with Crippen molar-refractivity contribution in [2.24, 2.45) is 5.92 Å². The molecule has 2 fully saturated rings. The highest BCUT2D eigenvalue weighted by atomic mass is 16.5. The maximum Gasteiger partial charge on any atom is 0.228 e. The molecule has 3 aromatic rings. The van der Waals surface area contributed by atoms with Gasteiger partial charge >= 0.3 is 0 Å². The first-order valence-corrected chi connectivity index (χ1v) is 11.9. The molecule has 2 unspecified atom stereocenters. The van der Waals surface area contributed by atoms with Gasteiger partial charge in [0.25, 0.3) is 0 Å². The third-order valence-corrected chi connectivity index (χ3v) is 7.23. The van der Waals surface area contributed by atoms with Crippen LogP contribution in [-0.2, 0) is 4.79 Å². The lowest BCUT2D eigenvalue weighted by Crippen LogP contribution is -2.46. The van der Waals surface area contributed by atoms with Gasteiger partial charge in [0.1, 0.15) is 5.75 Å². The lowest BCUT2D eigenvalue weighted by atomic mass is 10.0. The summed E-state index contributed by atoms with van der Waals surface area (Å²) in [6.45, 7) is 6.19. The van der Waals surface area contributed by atoms with Gasteiger partial charge in [-0.2, -0.15) is 0 Å². The van der Waals surface area contributed by atoms with E-state index in [1.54, 1.807) is 0 Å². The largest absolute Gasteiger partial charge is 0.494 e. The Kier molecular flexibility index (Phi) is 5.02. The molecule has 1 amide bonds. The number of carbonyl (C=O) groups is 1. The molecular weight excluding hydrogens is 400 g/mol. The molecule has 32 heavy (non-hydrogen) atoms. The van der Waals surface area contributed by atoms with Crippen LogP contribution in [0.3, 0.4) is 0 Å². The molecule has 166 valence electrons. The van der Waals surface area contributed by atoms with Crippen molar-refractivity contribution >= 4 is 28.2 Å². The lowest BCUT2D eigenvalue weighted by molar-refractivity contribution is -0.117. The first-order chi connectivity index (χ1) is 15.8. The SMILES string of the molecule is O=C1Nc2cc(OCCCCN3CCN(c4cccc5[nH]ccc45)CC3)ccc2C2CC12. The second kappa shape index (κ2) is 8.17. The minimum absolute atomic E-state index is 0.171. The normalized spacial score (nSPS) is 22.4. The van der Waals surface area contributed by atoms with Crippen LogP contribution in [0.5, 0.6) is 5.75 Å². The number of ether oxygens (including phenoxy) is 1. The van der Waals surface area contributed by atoms with Crippen molar-refractivity contribution in [3.8, 4) is 5.75 Å². The highest BCUT2D eigenvalue weighted by Crippen LogP contribution is 2.53. The monoisotopic (exact) mass is 430 g/mol. The molecule has 1 aromatic heterocycles. The zero-order valence-corrected chi connectivity index (χ0v) is 18.3. The maximum atomic E-state index is 11.9. The van der Waals surface area contributed by atoms with Crippen molar-refractivity contribution in [1.29, 1.82) is 0 Å². The average molecular weight is 431 g/mol. The summed E-state index contributed by atoms with van der Waals surface area (Å²) in [6.07, 6.45) is 5.19. The molecule has 1 saturated heterocycles. The molecule has 0 radical (unpaired) electrons. The molecule has 1 saturated carbocycles. The fourth-order valence-corrected chi connectivity index (χ4v) is 5.30. The molecule has 6 nitrogen and oxygen atoms in total. The molecule has 6 heteroatoms. The Labute approximate surface area is 188 Å². The minimum atomic E-state index is 0.171. The molecular formula is C26H30N4O2. The summed E-state index contributed by atoms with van der Waals surface area (Å²) in [4.78, 5) is 20.3. The minimum Gasteiger partial charge on any atom is -0.494 e. The number of aromatic amines is 1. The summed E-state index contributed by atoms with van der Waals surface area (Å²) in [5, 5.41) is 4.35. The molecule has 3 heterocycles. The highest BCUT2D eigenvalue weighted by Gasteiger charge is 2.48. The number of H-pyrrole nitrogens is 1. The number of nitrogens with one attached hydrogen (secondary N) is 2. The Morgan fingerprint density at radius 3 is 2.81 bits per heavy atom. The summed E-state index contributed by atoms with van der Waals surface area (Å²) in [5.74, 6) is 1.67. The van der Waals surface area contributed by atoms with Crippen molar-refractivity contribution in [2.45, 2.75) is 25.2 Å². The number of piperazine rings is 1. The number of carbonyl (C=O) groups excluding carboxylic acids is 1. The van der Waals surface area contributed by atoms with E-state index in [0.29, 0.717) is 12.5 Å². The maximum absolute atomic E-state index is 11.9. The van der Waals surface area contributed by atoms with Crippen molar-refractivity contribution in [3.63, 3.8) is 0 Å². The molecule has 3 aliphatic rings. The van der Waals surface area contributed by atoms with Gasteiger partial charge in [0.2, 0.25) is 5.91 Å². The third kappa shape index (κ3) is 3.73.